The van der Waals surface area contributed by atoms with Gasteiger partial charge in [-0.1, -0.05) is 20.8 Å². The molecule has 90 valence electrons. The lowest BCUT2D eigenvalue weighted by Crippen LogP contribution is -2.39. The molecule has 1 aromatic rings. The molecule has 1 aliphatic heterocycles. The third kappa shape index (κ3) is 3.08. The Morgan fingerprint density at radius 3 is 2.44 bits per heavy atom. The number of nitrogens with zero attached hydrogens (tertiary/aromatic N) is 3. The van der Waals surface area contributed by atoms with E-state index in [1.165, 1.54) is 32.5 Å². The van der Waals surface area contributed by atoms with Crippen LogP contribution in [0.3, 0.4) is 0 Å². The van der Waals surface area contributed by atoms with Crippen molar-refractivity contribution in [2.75, 3.05) is 19.6 Å². The first-order chi connectivity index (χ1) is 7.54. The SMILES string of the molecule is CC(C)(C)CN1CCC(n2ccnc2)CC1. The Balaban J connectivity index is 1.83. The highest BCUT2D eigenvalue weighted by molar-refractivity contribution is 4.85. The summed E-state index contributed by atoms with van der Waals surface area (Å²) in [5.41, 5.74) is 0.418. The first kappa shape index (κ1) is 11.6. The molecule has 0 aliphatic carbocycles. The Labute approximate surface area is 98.5 Å². The molecule has 3 heteroatoms. The molecule has 0 atom stereocenters. The Kier molecular flexibility index (Phi) is 3.33. The summed E-state index contributed by atoms with van der Waals surface area (Å²) >= 11 is 0. The van der Waals surface area contributed by atoms with Gasteiger partial charge in [-0.25, -0.2) is 4.98 Å². The Morgan fingerprint density at radius 1 is 1.25 bits per heavy atom. The third-order valence-electron chi connectivity index (χ3n) is 3.20. The van der Waals surface area contributed by atoms with E-state index in [0.717, 1.165) is 0 Å². The van der Waals surface area contributed by atoms with Crippen LogP contribution in [-0.4, -0.2) is 34.1 Å². The molecule has 0 unspecified atom stereocenters. The summed E-state index contributed by atoms with van der Waals surface area (Å²) in [5.74, 6) is 0. The molecule has 1 saturated heterocycles. The first-order valence-electron chi connectivity index (χ1n) is 6.24. The second kappa shape index (κ2) is 4.58. The molecule has 0 amide bonds. The zero-order chi connectivity index (χ0) is 11.6. The molecule has 1 aromatic heterocycles. The Hall–Kier alpha value is -0.830. The number of imidazole rings is 1. The second-order valence-electron chi connectivity index (χ2n) is 6.08. The molecule has 1 fully saturated rings. The smallest absolute Gasteiger partial charge is 0.0948 e. The number of hydrogen-bond donors (Lipinski definition) is 0. The first-order valence-corrected chi connectivity index (χ1v) is 6.24. The van der Waals surface area contributed by atoms with Gasteiger partial charge in [0.2, 0.25) is 0 Å². The quantitative estimate of drug-likeness (QED) is 0.765. The molecular formula is C13H23N3. The van der Waals surface area contributed by atoms with Gasteiger partial charge in [-0.15, -0.1) is 0 Å². The van der Waals surface area contributed by atoms with E-state index in [0.29, 0.717) is 11.5 Å². The number of aromatic nitrogens is 2. The number of piperidine rings is 1. The van der Waals surface area contributed by atoms with Gasteiger partial charge in [-0.3, -0.25) is 0 Å². The van der Waals surface area contributed by atoms with Crippen molar-refractivity contribution in [2.24, 2.45) is 5.41 Å². The minimum Gasteiger partial charge on any atom is -0.334 e. The van der Waals surface area contributed by atoms with E-state index in [2.05, 4.69) is 41.4 Å². The molecule has 0 bridgehead atoms. The van der Waals surface area contributed by atoms with Crippen LogP contribution < -0.4 is 0 Å². The maximum Gasteiger partial charge on any atom is 0.0948 e. The highest BCUT2D eigenvalue weighted by Gasteiger charge is 2.23. The standard InChI is InChI=1S/C13H23N3/c1-13(2,3)10-15-7-4-12(5-8-15)16-9-6-14-11-16/h6,9,11-12H,4-5,7-8,10H2,1-3H3. The van der Waals surface area contributed by atoms with Crippen LogP contribution in [-0.2, 0) is 0 Å². The zero-order valence-corrected chi connectivity index (χ0v) is 10.7. The fourth-order valence-electron chi connectivity index (χ4n) is 2.53. The van der Waals surface area contributed by atoms with Crippen LogP contribution in [0.2, 0.25) is 0 Å². The molecule has 0 N–H and O–H groups in total. The number of likely N-dealkylation sites (tertiary alicyclic amines) is 1. The van der Waals surface area contributed by atoms with Crippen molar-refractivity contribution in [3.05, 3.63) is 18.7 Å². The molecule has 3 nitrogen and oxygen atoms in total. The van der Waals surface area contributed by atoms with Crippen LogP contribution in [0.1, 0.15) is 39.7 Å². The molecular weight excluding hydrogens is 198 g/mol. The van der Waals surface area contributed by atoms with E-state index < -0.39 is 0 Å². The van der Waals surface area contributed by atoms with Crippen LogP contribution in [0.4, 0.5) is 0 Å². The van der Waals surface area contributed by atoms with Crippen molar-refractivity contribution in [1.82, 2.24) is 14.5 Å². The molecule has 0 radical (unpaired) electrons. The van der Waals surface area contributed by atoms with E-state index in [-0.39, 0.29) is 0 Å². The van der Waals surface area contributed by atoms with Crippen molar-refractivity contribution >= 4 is 0 Å². The van der Waals surface area contributed by atoms with Gasteiger partial charge in [0, 0.05) is 38.1 Å². The molecule has 2 heterocycles. The van der Waals surface area contributed by atoms with Crippen molar-refractivity contribution in [2.45, 2.75) is 39.7 Å². The monoisotopic (exact) mass is 221 g/mol. The summed E-state index contributed by atoms with van der Waals surface area (Å²) in [6.45, 7) is 10.6. The zero-order valence-electron chi connectivity index (χ0n) is 10.7. The van der Waals surface area contributed by atoms with Crippen LogP contribution >= 0.6 is 0 Å². The summed E-state index contributed by atoms with van der Waals surface area (Å²) in [7, 11) is 0. The van der Waals surface area contributed by atoms with Crippen molar-refractivity contribution in [3.63, 3.8) is 0 Å². The van der Waals surface area contributed by atoms with Crippen LogP contribution in [0.5, 0.6) is 0 Å². The molecule has 0 saturated carbocycles. The maximum atomic E-state index is 4.13. The molecule has 16 heavy (non-hydrogen) atoms. The lowest BCUT2D eigenvalue weighted by molar-refractivity contribution is 0.138. The van der Waals surface area contributed by atoms with Crippen LogP contribution in [0, 0.1) is 5.41 Å². The van der Waals surface area contributed by atoms with Crippen molar-refractivity contribution in [1.29, 1.82) is 0 Å². The maximum absolute atomic E-state index is 4.13. The van der Waals surface area contributed by atoms with Crippen LogP contribution in [0.25, 0.3) is 0 Å². The van der Waals surface area contributed by atoms with Crippen LogP contribution in [0.15, 0.2) is 18.7 Å². The Morgan fingerprint density at radius 2 is 1.94 bits per heavy atom. The molecule has 0 spiro atoms. The fourth-order valence-corrected chi connectivity index (χ4v) is 2.53. The molecule has 1 aliphatic rings. The highest BCUT2D eigenvalue weighted by Crippen LogP contribution is 2.24. The third-order valence-corrected chi connectivity index (χ3v) is 3.20. The van der Waals surface area contributed by atoms with Gasteiger partial charge < -0.3 is 9.47 Å². The van der Waals surface area contributed by atoms with E-state index in [1.54, 1.807) is 0 Å². The van der Waals surface area contributed by atoms with E-state index in [9.17, 15) is 0 Å². The number of rotatable bonds is 2. The fraction of sp³-hybridized carbons (Fsp3) is 0.769. The largest absolute Gasteiger partial charge is 0.334 e. The normalized spacial score (nSPS) is 20.2. The van der Waals surface area contributed by atoms with Gasteiger partial charge in [-0.05, 0) is 18.3 Å². The average molecular weight is 221 g/mol. The van der Waals surface area contributed by atoms with Gasteiger partial charge in [0.05, 0.1) is 6.33 Å². The predicted octanol–water partition coefficient (Wildman–Crippen LogP) is 2.57. The summed E-state index contributed by atoms with van der Waals surface area (Å²) in [6.07, 6.45) is 8.43. The average Bonchev–Trinajstić information content (AvgIpc) is 2.69. The van der Waals surface area contributed by atoms with E-state index >= 15 is 0 Å². The molecule has 0 aromatic carbocycles. The predicted molar refractivity (Wildman–Crippen MR) is 66.4 cm³/mol. The topological polar surface area (TPSA) is 21.1 Å². The lowest BCUT2D eigenvalue weighted by Gasteiger charge is -2.36. The second-order valence-corrected chi connectivity index (χ2v) is 6.08. The van der Waals surface area contributed by atoms with Crippen molar-refractivity contribution < 1.29 is 0 Å². The summed E-state index contributed by atoms with van der Waals surface area (Å²) < 4.78 is 2.26. The van der Waals surface area contributed by atoms with Gasteiger partial charge in [0.25, 0.3) is 0 Å². The summed E-state index contributed by atoms with van der Waals surface area (Å²) in [5, 5.41) is 0. The summed E-state index contributed by atoms with van der Waals surface area (Å²) in [4.78, 5) is 6.72. The van der Waals surface area contributed by atoms with Gasteiger partial charge >= 0.3 is 0 Å². The Bertz CT molecular complexity index is 302. The van der Waals surface area contributed by atoms with Gasteiger partial charge in [0.15, 0.2) is 0 Å². The number of hydrogen-bond acceptors (Lipinski definition) is 2. The molecule has 2 rings (SSSR count). The van der Waals surface area contributed by atoms with Crippen molar-refractivity contribution in [3.8, 4) is 0 Å². The van der Waals surface area contributed by atoms with Gasteiger partial charge in [0.1, 0.15) is 0 Å². The van der Waals surface area contributed by atoms with Gasteiger partial charge in [-0.2, -0.15) is 0 Å². The minimum atomic E-state index is 0.418. The minimum absolute atomic E-state index is 0.418. The van der Waals surface area contributed by atoms with E-state index in [4.69, 9.17) is 0 Å². The van der Waals surface area contributed by atoms with E-state index in [1.807, 2.05) is 12.5 Å². The summed E-state index contributed by atoms with van der Waals surface area (Å²) in [6, 6.07) is 0.665. The lowest BCUT2D eigenvalue weighted by atomic mass is 9.94. The highest BCUT2D eigenvalue weighted by atomic mass is 15.2.